The van der Waals surface area contributed by atoms with E-state index in [4.69, 9.17) is 9.47 Å². The lowest BCUT2D eigenvalue weighted by atomic mass is 9.56. The minimum atomic E-state index is -0.0644. The van der Waals surface area contributed by atoms with Gasteiger partial charge < -0.3 is 25.0 Å². The van der Waals surface area contributed by atoms with Crippen LogP contribution in [0.3, 0.4) is 0 Å². The van der Waals surface area contributed by atoms with Gasteiger partial charge in [0.15, 0.2) is 5.96 Å². The van der Waals surface area contributed by atoms with Gasteiger partial charge in [-0.3, -0.25) is 4.99 Å². The zero-order valence-electron chi connectivity index (χ0n) is 16.4. The van der Waals surface area contributed by atoms with Crippen molar-refractivity contribution in [3.63, 3.8) is 0 Å². The number of methoxy groups -OCH3 is 2. The van der Waals surface area contributed by atoms with Crippen molar-refractivity contribution < 1.29 is 9.47 Å². The maximum absolute atomic E-state index is 5.68. The number of halogens is 1. The number of nitrogens with one attached hydrogen (secondary N) is 2. The lowest BCUT2D eigenvalue weighted by Crippen LogP contribution is -2.69. The summed E-state index contributed by atoms with van der Waals surface area (Å²) in [6.07, 6.45) is 2.06. The highest BCUT2D eigenvalue weighted by Crippen LogP contribution is 2.51. The van der Waals surface area contributed by atoms with Crippen LogP contribution in [0.4, 0.5) is 0 Å². The first kappa shape index (κ1) is 23.9. The molecule has 2 atom stereocenters. The Hall–Kier alpha value is -0.120. The summed E-state index contributed by atoms with van der Waals surface area (Å²) in [7, 11) is 7.49. The molecule has 0 saturated heterocycles. The molecule has 1 rings (SSSR count). The van der Waals surface area contributed by atoms with Crippen LogP contribution in [-0.2, 0) is 9.47 Å². The van der Waals surface area contributed by atoms with E-state index in [2.05, 4.69) is 48.3 Å². The fourth-order valence-corrected chi connectivity index (χ4v) is 3.04. The van der Waals surface area contributed by atoms with E-state index in [9.17, 15) is 0 Å². The van der Waals surface area contributed by atoms with Gasteiger partial charge in [-0.2, -0.15) is 0 Å². The van der Waals surface area contributed by atoms with Crippen LogP contribution in [0.1, 0.15) is 33.6 Å². The second-order valence-corrected chi connectivity index (χ2v) is 7.21. The molecule has 0 aromatic carbocycles. The van der Waals surface area contributed by atoms with Gasteiger partial charge in [0.1, 0.15) is 0 Å². The molecule has 1 aliphatic rings. The summed E-state index contributed by atoms with van der Waals surface area (Å²) in [6.45, 7) is 10.4. The van der Waals surface area contributed by atoms with Gasteiger partial charge in [-0.1, -0.05) is 13.8 Å². The Labute approximate surface area is 165 Å². The van der Waals surface area contributed by atoms with E-state index in [0.29, 0.717) is 6.04 Å². The molecular weight excluding hydrogens is 419 g/mol. The minimum Gasteiger partial charge on any atom is -0.385 e. The first-order valence-corrected chi connectivity index (χ1v) is 8.50. The fraction of sp³-hybridized carbons (Fsp3) is 0.941. The van der Waals surface area contributed by atoms with Gasteiger partial charge in [0.25, 0.3) is 0 Å². The summed E-state index contributed by atoms with van der Waals surface area (Å²) in [5, 5.41) is 6.93. The lowest BCUT2D eigenvalue weighted by Gasteiger charge is -2.59. The molecule has 24 heavy (non-hydrogen) atoms. The van der Waals surface area contributed by atoms with Crippen LogP contribution in [0.15, 0.2) is 4.99 Å². The Morgan fingerprint density at radius 3 is 2.42 bits per heavy atom. The number of nitrogens with zero attached hydrogens (tertiary/aromatic N) is 2. The number of aliphatic imine (C=N–C) groups is 1. The van der Waals surface area contributed by atoms with Crippen molar-refractivity contribution in [2.75, 3.05) is 54.6 Å². The number of guanidine groups is 1. The van der Waals surface area contributed by atoms with Crippen molar-refractivity contribution in [2.45, 2.75) is 45.3 Å². The smallest absolute Gasteiger partial charge is 0.191 e. The molecule has 0 bridgehead atoms. The second-order valence-electron chi connectivity index (χ2n) is 7.21. The third kappa shape index (κ3) is 6.00. The van der Waals surface area contributed by atoms with Crippen LogP contribution in [-0.4, -0.2) is 77.1 Å². The van der Waals surface area contributed by atoms with E-state index in [0.717, 1.165) is 45.0 Å². The van der Waals surface area contributed by atoms with Crippen LogP contribution < -0.4 is 10.6 Å². The normalized spacial score (nSPS) is 25.8. The van der Waals surface area contributed by atoms with Crippen LogP contribution in [0.5, 0.6) is 0 Å². The fourth-order valence-electron chi connectivity index (χ4n) is 3.04. The third-order valence-electron chi connectivity index (χ3n) is 5.49. The number of likely N-dealkylation sites (N-methyl/N-ethyl adjacent to an activating group) is 1. The second kappa shape index (κ2) is 10.8. The molecule has 0 amide bonds. The van der Waals surface area contributed by atoms with Crippen molar-refractivity contribution in [3.05, 3.63) is 0 Å². The summed E-state index contributed by atoms with van der Waals surface area (Å²) >= 11 is 0. The predicted octanol–water partition coefficient (Wildman–Crippen LogP) is 1.94. The standard InChI is InChI=1S/C17H36N4O2.HI/c1-16(2)14(13-17(16,3)23-7)20-15(18-4)19-9-11-21(5)10-8-12-22-6;/h14H,8-13H2,1-7H3,(H2,18,19,20);1H. The zero-order valence-corrected chi connectivity index (χ0v) is 18.8. The van der Waals surface area contributed by atoms with Crippen LogP contribution >= 0.6 is 24.0 Å². The number of ether oxygens (including phenoxy) is 2. The topological polar surface area (TPSA) is 58.1 Å². The molecule has 144 valence electrons. The summed E-state index contributed by atoms with van der Waals surface area (Å²) in [5.41, 5.74) is 0.0153. The molecule has 6 nitrogen and oxygen atoms in total. The van der Waals surface area contributed by atoms with E-state index in [1.54, 1.807) is 14.2 Å². The van der Waals surface area contributed by atoms with Crippen LogP contribution in [0.2, 0.25) is 0 Å². The Bertz CT molecular complexity index is 393. The maximum Gasteiger partial charge on any atom is 0.191 e. The molecular formula is C17H37IN4O2. The van der Waals surface area contributed by atoms with Crippen molar-refractivity contribution >= 4 is 29.9 Å². The van der Waals surface area contributed by atoms with Crippen LogP contribution in [0.25, 0.3) is 0 Å². The summed E-state index contributed by atoms with van der Waals surface area (Å²) in [6, 6.07) is 0.373. The maximum atomic E-state index is 5.68. The highest BCUT2D eigenvalue weighted by Gasteiger charge is 2.58. The van der Waals surface area contributed by atoms with Crippen molar-refractivity contribution in [1.29, 1.82) is 0 Å². The highest BCUT2D eigenvalue weighted by molar-refractivity contribution is 14.0. The van der Waals surface area contributed by atoms with Gasteiger partial charge in [0.05, 0.1) is 5.60 Å². The van der Waals surface area contributed by atoms with E-state index in [1.807, 2.05) is 7.05 Å². The average molecular weight is 456 g/mol. The van der Waals surface area contributed by atoms with Gasteiger partial charge in [-0.15, -0.1) is 24.0 Å². The van der Waals surface area contributed by atoms with Gasteiger partial charge in [0.2, 0.25) is 0 Å². The molecule has 1 aliphatic carbocycles. The molecule has 0 aromatic heterocycles. The molecule has 2 unspecified atom stereocenters. The zero-order chi connectivity index (χ0) is 17.5. The Kier molecular flexibility index (Phi) is 10.7. The molecule has 1 saturated carbocycles. The van der Waals surface area contributed by atoms with E-state index in [-0.39, 0.29) is 35.0 Å². The Morgan fingerprint density at radius 2 is 1.92 bits per heavy atom. The SMILES string of the molecule is CN=C(NCCN(C)CCCOC)NC1CC(C)(OC)C1(C)C.I. The van der Waals surface area contributed by atoms with Crippen molar-refractivity contribution in [2.24, 2.45) is 10.4 Å². The quantitative estimate of drug-likeness (QED) is 0.241. The van der Waals surface area contributed by atoms with Gasteiger partial charge in [0, 0.05) is 59.0 Å². The van der Waals surface area contributed by atoms with Crippen LogP contribution in [0, 0.1) is 5.41 Å². The monoisotopic (exact) mass is 456 g/mol. The molecule has 0 aliphatic heterocycles. The molecule has 0 aromatic rings. The molecule has 1 fully saturated rings. The largest absolute Gasteiger partial charge is 0.385 e. The van der Waals surface area contributed by atoms with Crippen molar-refractivity contribution in [3.8, 4) is 0 Å². The molecule has 7 heteroatoms. The van der Waals surface area contributed by atoms with E-state index < -0.39 is 0 Å². The Morgan fingerprint density at radius 1 is 1.25 bits per heavy atom. The lowest BCUT2D eigenvalue weighted by molar-refractivity contribution is -0.176. The number of hydrogen-bond acceptors (Lipinski definition) is 4. The number of hydrogen-bond donors (Lipinski definition) is 2. The van der Waals surface area contributed by atoms with E-state index >= 15 is 0 Å². The highest BCUT2D eigenvalue weighted by atomic mass is 127. The minimum absolute atomic E-state index is 0. The average Bonchev–Trinajstić information content (AvgIpc) is 2.52. The molecule has 0 spiro atoms. The van der Waals surface area contributed by atoms with Gasteiger partial charge in [-0.05, 0) is 26.8 Å². The Balaban J connectivity index is 0.00000529. The summed E-state index contributed by atoms with van der Waals surface area (Å²) < 4.78 is 10.8. The van der Waals surface area contributed by atoms with E-state index in [1.165, 1.54) is 0 Å². The third-order valence-corrected chi connectivity index (χ3v) is 5.49. The predicted molar refractivity (Wildman–Crippen MR) is 112 cm³/mol. The molecule has 2 N–H and O–H groups in total. The summed E-state index contributed by atoms with van der Waals surface area (Å²) in [5.74, 6) is 0.867. The van der Waals surface area contributed by atoms with Gasteiger partial charge >= 0.3 is 0 Å². The van der Waals surface area contributed by atoms with Gasteiger partial charge in [-0.25, -0.2) is 0 Å². The molecule has 0 heterocycles. The first-order chi connectivity index (χ1) is 10.8. The summed E-state index contributed by atoms with van der Waals surface area (Å²) in [4.78, 5) is 6.64. The first-order valence-electron chi connectivity index (χ1n) is 8.50. The molecule has 0 radical (unpaired) electrons. The van der Waals surface area contributed by atoms with Crippen molar-refractivity contribution in [1.82, 2.24) is 15.5 Å². The number of rotatable bonds is 9.